The van der Waals surface area contributed by atoms with Gasteiger partial charge in [-0.1, -0.05) is 36.4 Å². The maximum atomic E-state index is 12.4. The summed E-state index contributed by atoms with van der Waals surface area (Å²) in [6, 6.07) is 16.4. The summed E-state index contributed by atoms with van der Waals surface area (Å²) in [4.78, 5) is 14.7. The van der Waals surface area contributed by atoms with Crippen molar-refractivity contribution in [2.45, 2.75) is 32.9 Å². The largest absolute Gasteiger partial charge is 0.490 e. The molecule has 3 nitrogen and oxygen atoms in total. The van der Waals surface area contributed by atoms with Crippen molar-refractivity contribution in [3.8, 4) is 5.75 Å². The summed E-state index contributed by atoms with van der Waals surface area (Å²) in [5.74, 6) is 1.07. The predicted molar refractivity (Wildman–Crippen MR) is 109 cm³/mol. The molecule has 0 spiro atoms. The highest BCUT2D eigenvalue weighted by Crippen LogP contribution is 2.28. The standard InChI is InChI=1S/C22H24BrNO2/c1-16(2)26-22-9-8-18(13-20(22)23)12-19-15-24(11-10-21(19)25)14-17-6-4-3-5-7-17/h3-9,12-13,16H,10-11,14-15H2,1-2H3/b19-12+. The van der Waals surface area contributed by atoms with Crippen LogP contribution in [0, 0.1) is 0 Å². The number of hydrogen-bond donors (Lipinski definition) is 0. The maximum Gasteiger partial charge on any atom is 0.161 e. The number of rotatable bonds is 5. The van der Waals surface area contributed by atoms with Gasteiger partial charge in [-0.15, -0.1) is 0 Å². The van der Waals surface area contributed by atoms with Crippen LogP contribution in [0.2, 0.25) is 0 Å². The zero-order valence-corrected chi connectivity index (χ0v) is 16.8. The van der Waals surface area contributed by atoms with Crippen molar-refractivity contribution in [3.63, 3.8) is 0 Å². The molecule has 4 heteroatoms. The Morgan fingerprint density at radius 2 is 1.96 bits per heavy atom. The number of likely N-dealkylation sites (tertiary alicyclic amines) is 1. The first-order valence-electron chi connectivity index (χ1n) is 8.97. The van der Waals surface area contributed by atoms with Gasteiger partial charge < -0.3 is 4.74 Å². The number of carbonyl (C=O) groups is 1. The number of halogens is 1. The van der Waals surface area contributed by atoms with Crippen LogP contribution >= 0.6 is 15.9 Å². The molecular formula is C22H24BrNO2. The lowest BCUT2D eigenvalue weighted by atomic mass is 9.99. The van der Waals surface area contributed by atoms with E-state index in [1.54, 1.807) is 0 Å². The molecule has 2 aromatic carbocycles. The van der Waals surface area contributed by atoms with Gasteiger partial charge in [0.05, 0.1) is 10.6 Å². The van der Waals surface area contributed by atoms with Gasteiger partial charge in [0.2, 0.25) is 0 Å². The molecule has 2 aromatic rings. The molecule has 0 aromatic heterocycles. The van der Waals surface area contributed by atoms with E-state index in [-0.39, 0.29) is 11.9 Å². The molecule has 0 radical (unpaired) electrons. The van der Waals surface area contributed by atoms with Gasteiger partial charge >= 0.3 is 0 Å². The number of Topliss-reactive ketones (excluding diaryl/α,β-unsaturated/α-hetero) is 1. The van der Waals surface area contributed by atoms with E-state index in [1.807, 2.05) is 44.2 Å². The highest BCUT2D eigenvalue weighted by Gasteiger charge is 2.21. The van der Waals surface area contributed by atoms with Gasteiger partial charge in [-0.25, -0.2) is 0 Å². The van der Waals surface area contributed by atoms with Crippen molar-refractivity contribution in [3.05, 3.63) is 69.7 Å². The SMILES string of the molecule is CC(C)Oc1ccc(/C=C2\CN(Cc3ccccc3)CCC2=O)cc1Br. The summed E-state index contributed by atoms with van der Waals surface area (Å²) >= 11 is 3.56. The molecule has 26 heavy (non-hydrogen) atoms. The lowest BCUT2D eigenvalue weighted by Gasteiger charge is -2.28. The van der Waals surface area contributed by atoms with Crippen LogP contribution in [-0.4, -0.2) is 29.9 Å². The Morgan fingerprint density at radius 1 is 1.19 bits per heavy atom. The zero-order chi connectivity index (χ0) is 18.5. The number of benzene rings is 2. The zero-order valence-electron chi connectivity index (χ0n) is 15.2. The average Bonchev–Trinajstić information content (AvgIpc) is 2.61. The van der Waals surface area contributed by atoms with Crippen LogP contribution in [-0.2, 0) is 11.3 Å². The van der Waals surface area contributed by atoms with Crippen LogP contribution in [0.15, 0.2) is 58.6 Å². The lowest BCUT2D eigenvalue weighted by Crippen LogP contribution is -2.35. The molecular weight excluding hydrogens is 390 g/mol. The number of nitrogens with zero attached hydrogens (tertiary/aromatic N) is 1. The first-order chi connectivity index (χ1) is 12.5. The quantitative estimate of drug-likeness (QED) is 0.638. The normalized spacial score (nSPS) is 17.1. The van der Waals surface area contributed by atoms with E-state index in [0.717, 1.165) is 34.4 Å². The molecule has 1 fully saturated rings. The van der Waals surface area contributed by atoms with Crippen LogP contribution in [0.1, 0.15) is 31.4 Å². The fourth-order valence-electron chi connectivity index (χ4n) is 3.09. The minimum atomic E-state index is 0.127. The Hall–Kier alpha value is -1.91. The van der Waals surface area contributed by atoms with Gasteiger partial charge in [-0.3, -0.25) is 9.69 Å². The third-order valence-electron chi connectivity index (χ3n) is 4.32. The molecule has 0 N–H and O–H groups in total. The molecule has 1 heterocycles. The molecule has 0 amide bonds. The molecule has 3 rings (SSSR count). The molecule has 1 aliphatic rings. The van der Waals surface area contributed by atoms with Crippen LogP contribution in [0.3, 0.4) is 0 Å². The van der Waals surface area contributed by atoms with E-state index in [0.29, 0.717) is 13.0 Å². The van der Waals surface area contributed by atoms with Crippen LogP contribution in [0.25, 0.3) is 6.08 Å². The predicted octanol–water partition coefficient (Wildman–Crippen LogP) is 5.09. The van der Waals surface area contributed by atoms with E-state index >= 15 is 0 Å². The number of piperidine rings is 1. The van der Waals surface area contributed by atoms with Crippen LogP contribution < -0.4 is 4.74 Å². The average molecular weight is 414 g/mol. The summed E-state index contributed by atoms with van der Waals surface area (Å²) in [5, 5.41) is 0. The van der Waals surface area contributed by atoms with Crippen molar-refractivity contribution < 1.29 is 9.53 Å². The van der Waals surface area contributed by atoms with Gasteiger partial charge in [-0.2, -0.15) is 0 Å². The number of ketones is 1. The van der Waals surface area contributed by atoms with Crippen LogP contribution in [0.5, 0.6) is 5.75 Å². The minimum Gasteiger partial charge on any atom is -0.490 e. The second-order valence-electron chi connectivity index (χ2n) is 6.90. The highest BCUT2D eigenvalue weighted by molar-refractivity contribution is 9.10. The van der Waals surface area contributed by atoms with Crippen molar-refractivity contribution in [2.24, 2.45) is 0 Å². The monoisotopic (exact) mass is 413 g/mol. The molecule has 0 aliphatic carbocycles. The second kappa shape index (κ2) is 8.65. The summed E-state index contributed by atoms with van der Waals surface area (Å²) < 4.78 is 6.66. The summed E-state index contributed by atoms with van der Waals surface area (Å²) in [6.07, 6.45) is 2.71. The van der Waals surface area contributed by atoms with Crippen molar-refractivity contribution in [1.82, 2.24) is 4.90 Å². The molecule has 0 saturated carbocycles. The van der Waals surface area contributed by atoms with Crippen molar-refractivity contribution >= 4 is 27.8 Å². The Balaban J connectivity index is 1.74. The number of ether oxygens (including phenoxy) is 1. The fourth-order valence-corrected chi connectivity index (χ4v) is 3.58. The second-order valence-corrected chi connectivity index (χ2v) is 7.75. The van der Waals surface area contributed by atoms with Gasteiger partial charge in [0.1, 0.15) is 5.75 Å². The van der Waals surface area contributed by atoms with E-state index in [9.17, 15) is 4.79 Å². The summed E-state index contributed by atoms with van der Waals surface area (Å²) in [6.45, 7) is 6.39. The van der Waals surface area contributed by atoms with E-state index < -0.39 is 0 Å². The van der Waals surface area contributed by atoms with E-state index in [2.05, 4.69) is 45.1 Å². The fraction of sp³-hybridized carbons (Fsp3) is 0.318. The first-order valence-corrected chi connectivity index (χ1v) is 9.77. The van der Waals surface area contributed by atoms with Crippen molar-refractivity contribution in [1.29, 1.82) is 0 Å². The third kappa shape index (κ3) is 5.05. The Kier molecular flexibility index (Phi) is 6.28. The molecule has 136 valence electrons. The smallest absolute Gasteiger partial charge is 0.161 e. The minimum absolute atomic E-state index is 0.127. The Labute approximate surface area is 163 Å². The maximum absolute atomic E-state index is 12.4. The highest BCUT2D eigenvalue weighted by atomic mass is 79.9. The summed E-state index contributed by atoms with van der Waals surface area (Å²) in [5.41, 5.74) is 3.16. The number of carbonyl (C=O) groups excluding carboxylic acids is 1. The lowest BCUT2D eigenvalue weighted by molar-refractivity contribution is -0.117. The molecule has 1 saturated heterocycles. The molecule has 0 unspecified atom stereocenters. The van der Waals surface area contributed by atoms with E-state index in [4.69, 9.17) is 4.74 Å². The molecule has 0 atom stereocenters. The molecule has 1 aliphatic heterocycles. The first kappa shape index (κ1) is 18.9. The van der Waals surface area contributed by atoms with Crippen LogP contribution in [0.4, 0.5) is 0 Å². The Bertz CT molecular complexity index is 799. The van der Waals surface area contributed by atoms with E-state index in [1.165, 1.54) is 5.56 Å². The molecule has 0 bridgehead atoms. The van der Waals surface area contributed by atoms with Gasteiger partial charge in [-0.05, 0) is 59.1 Å². The number of hydrogen-bond acceptors (Lipinski definition) is 3. The van der Waals surface area contributed by atoms with Gasteiger partial charge in [0, 0.05) is 31.6 Å². The summed E-state index contributed by atoms with van der Waals surface area (Å²) in [7, 11) is 0. The topological polar surface area (TPSA) is 29.5 Å². The Morgan fingerprint density at radius 3 is 2.65 bits per heavy atom. The van der Waals surface area contributed by atoms with Gasteiger partial charge in [0.25, 0.3) is 0 Å². The van der Waals surface area contributed by atoms with Gasteiger partial charge in [0.15, 0.2) is 5.78 Å². The third-order valence-corrected chi connectivity index (χ3v) is 4.94. The van der Waals surface area contributed by atoms with Crippen molar-refractivity contribution in [2.75, 3.05) is 13.1 Å².